The normalized spacial score (nSPS) is 15.9. The first-order chi connectivity index (χ1) is 7.74. The van der Waals surface area contributed by atoms with Gasteiger partial charge in [-0.2, -0.15) is 5.10 Å². The molecule has 2 rings (SSSR count). The second-order valence-electron chi connectivity index (χ2n) is 3.90. The van der Waals surface area contributed by atoms with Gasteiger partial charge in [-0.3, -0.25) is 4.79 Å². The van der Waals surface area contributed by atoms with Crippen LogP contribution < -0.4 is 15.8 Å². The van der Waals surface area contributed by atoms with Gasteiger partial charge in [0.25, 0.3) is 5.56 Å². The molecule has 6 heteroatoms. The smallest absolute Gasteiger partial charge is 0.285 e. The van der Waals surface area contributed by atoms with E-state index in [4.69, 9.17) is 11.6 Å². The third-order valence-electron chi connectivity index (χ3n) is 2.75. The molecule has 16 heavy (non-hydrogen) atoms. The molecule has 5 nitrogen and oxygen atoms in total. The number of H-pyrrole nitrogens is 1. The molecule has 88 valence electrons. The van der Waals surface area contributed by atoms with Crippen LogP contribution in [0.1, 0.15) is 13.3 Å². The molecule has 0 spiro atoms. The second kappa shape index (κ2) is 4.84. The zero-order valence-electron chi connectivity index (χ0n) is 9.16. The van der Waals surface area contributed by atoms with Crippen LogP contribution in [0.4, 0.5) is 5.69 Å². The van der Waals surface area contributed by atoms with Crippen LogP contribution in [0, 0.1) is 0 Å². The Morgan fingerprint density at radius 2 is 2.38 bits per heavy atom. The Morgan fingerprint density at radius 1 is 1.62 bits per heavy atom. The van der Waals surface area contributed by atoms with Gasteiger partial charge in [0, 0.05) is 19.6 Å². The van der Waals surface area contributed by atoms with E-state index in [9.17, 15) is 4.79 Å². The molecule has 0 amide bonds. The summed E-state index contributed by atoms with van der Waals surface area (Å²) in [6, 6.07) is 0.418. The SMILES string of the molecule is CCCN(c1cn[nH]c(=O)c1Cl)C1CNC1. The number of nitrogens with zero attached hydrogens (tertiary/aromatic N) is 2. The van der Waals surface area contributed by atoms with E-state index in [1.54, 1.807) is 6.20 Å². The van der Waals surface area contributed by atoms with Crippen molar-refractivity contribution in [2.24, 2.45) is 0 Å². The summed E-state index contributed by atoms with van der Waals surface area (Å²) in [5, 5.41) is 9.58. The van der Waals surface area contributed by atoms with Gasteiger partial charge >= 0.3 is 0 Å². The summed E-state index contributed by atoms with van der Waals surface area (Å²) in [6.45, 7) is 4.86. The van der Waals surface area contributed by atoms with Crippen LogP contribution in [0.2, 0.25) is 5.02 Å². The monoisotopic (exact) mass is 242 g/mol. The van der Waals surface area contributed by atoms with Crippen molar-refractivity contribution >= 4 is 17.3 Å². The number of hydrogen-bond acceptors (Lipinski definition) is 4. The minimum absolute atomic E-state index is 0.232. The van der Waals surface area contributed by atoms with Gasteiger partial charge in [-0.05, 0) is 6.42 Å². The molecule has 1 aromatic heterocycles. The molecule has 0 aromatic carbocycles. The Balaban J connectivity index is 2.30. The fourth-order valence-electron chi connectivity index (χ4n) is 1.81. The van der Waals surface area contributed by atoms with Crippen molar-refractivity contribution in [2.75, 3.05) is 24.5 Å². The van der Waals surface area contributed by atoms with Crippen LogP contribution in [0.25, 0.3) is 0 Å². The maximum atomic E-state index is 11.4. The molecule has 0 radical (unpaired) electrons. The highest BCUT2D eigenvalue weighted by Crippen LogP contribution is 2.24. The number of anilines is 1. The molecule has 1 aliphatic rings. The highest BCUT2D eigenvalue weighted by Gasteiger charge is 2.26. The minimum Gasteiger partial charge on any atom is -0.363 e. The summed E-state index contributed by atoms with van der Waals surface area (Å²) in [6.07, 6.45) is 2.64. The first kappa shape index (κ1) is 11.4. The van der Waals surface area contributed by atoms with Crippen molar-refractivity contribution in [1.29, 1.82) is 0 Å². The molecular formula is C10H15ClN4O. The summed E-state index contributed by atoms with van der Waals surface area (Å²) < 4.78 is 0. The molecular weight excluding hydrogens is 228 g/mol. The Hall–Kier alpha value is -1.07. The van der Waals surface area contributed by atoms with Gasteiger partial charge in [0.1, 0.15) is 5.02 Å². The van der Waals surface area contributed by atoms with Gasteiger partial charge in [-0.25, -0.2) is 5.10 Å². The Kier molecular flexibility index (Phi) is 3.46. The summed E-state index contributed by atoms with van der Waals surface area (Å²) in [7, 11) is 0. The standard InChI is InChI=1S/C10H15ClN4O/c1-2-3-15(7-4-12-5-7)8-6-13-14-10(16)9(8)11/h6-7,12H,2-5H2,1H3,(H,14,16). The molecule has 2 heterocycles. The van der Waals surface area contributed by atoms with Crippen LogP contribution >= 0.6 is 11.6 Å². The quantitative estimate of drug-likeness (QED) is 0.812. The van der Waals surface area contributed by atoms with Crippen LogP contribution in [0.15, 0.2) is 11.0 Å². The lowest BCUT2D eigenvalue weighted by molar-refractivity contribution is 0.412. The van der Waals surface area contributed by atoms with E-state index in [1.165, 1.54) is 0 Å². The predicted molar refractivity (Wildman–Crippen MR) is 64.2 cm³/mol. The summed E-state index contributed by atoms with van der Waals surface area (Å²) >= 11 is 6.00. The van der Waals surface area contributed by atoms with Crippen LogP contribution in [0.3, 0.4) is 0 Å². The average Bonchev–Trinajstić information content (AvgIpc) is 2.19. The molecule has 1 aromatic rings. The Morgan fingerprint density at radius 3 is 2.94 bits per heavy atom. The van der Waals surface area contributed by atoms with Crippen molar-refractivity contribution in [3.63, 3.8) is 0 Å². The average molecular weight is 243 g/mol. The Bertz CT molecular complexity index is 416. The molecule has 1 fully saturated rings. The van der Waals surface area contributed by atoms with E-state index >= 15 is 0 Å². The van der Waals surface area contributed by atoms with Gasteiger partial charge in [0.2, 0.25) is 0 Å². The maximum absolute atomic E-state index is 11.4. The number of nitrogens with one attached hydrogen (secondary N) is 2. The topological polar surface area (TPSA) is 61.0 Å². The third kappa shape index (κ3) is 2.05. The number of aromatic amines is 1. The lowest BCUT2D eigenvalue weighted by Crippen LogP contribution is -2.57. The van der Waals surface area contributed by atoms with E-state index in [2.05, 4.69) is 27.3 Å². The first-order valence-electron chi connectivity index (χ1n) is 5.44. The molecule has 1 aliphatic heterocycles. The number of rotatable bonds is 4. The molecule has 0 atom stereocenters. The first-order valence-corrected chi connectivity index (χ1v) is 5.82. The highest BCUT2D eigenvalue weighted by atomic mass is 35.5. The van der Waals surface area contributed by atoms with E-state index in [1.807, 2.05) is 0 Å². The van der Waals surface area contributed by atoms with Crippen molar-refractivity contribution < 1.29 is 0 Å². The third-order valence-corrected chi connectivity index (χ3v) is 3.12. The van der Waals surface area contributed by atoms with E-state index in [-0.39, 0.29) is 10.6 Å². The molecule has 2 N–H and O–H groups in total. The molecule has 1 saturated heterocycles. The summed E-state index contributed by atoms with van der Waals surface area (Å²) in [5.41, 5.74) is 0.409. The van der Waals surface area contributed by atoms with Gasteiger partial charge < -0.3 is 10.2 Å². The van der Waals surface area contributed by atoms with Crippen molar-refractivity contribution in [2.45, 2.75) is 19.4 Å². The van der Waals surface area contributed by atoms with E-state index in [0.717, 1.165) is 31.7 Å². The van der Waals surface area contributed by atoms with E-state index < -0.39 is 0 Å². The minimum atomic E-state index is -0.326. The highest BCUT2D eigenvalue weighted by molar-refractivity contribution is 6.33. The van der Waals surface area contributed by atoms with Crippen LogP contribution in [-0.4, -0.2) is 35.9 Å². The number of halogens is 1. The molecule has 0 unspecified atom stereocenters. The second-order valence-corrected chi connectivity index (χ2v) is 4.28. The lowest BCUT2D eigenvalue weighted by Gasteiger charge is -2.39. The van der Waals surface area contributed by atoms with Crippen LogP contribution in [-0.2, 0) is 0 Å². The van der Waals surface area contributed by atoms with Gasteiger partial charge in [0.15, 0.2) is 0 Å². The van der Waals surface area contributed by atoms with E-state index in [0.29, 0.717) is 6.04 Å². The van der Waals surface area contributed by atoms with Crippen molar-refractivity contribution in [3.8, 4) is 0 Å². The zero-order chi connectivity index (χ0) is 11.5. The van der Waals surface area contributed by atoms with Crippen molar-refractivity contribution in [3.05, 3.63) is 21.6 Å². The fraction of sp³-hybridized carbons (Fsp3) is 0.600. The fourth-order valence-corrected chi connectivity index (χ4v) is 2.01. The summed E-state index contributed by atoms with van der Waals surface area (Å²) in [5.74, 6) is 0. The maximum Gasteiger partial charge on any atom is 0.285 e. The summed E-state index contributed by atoms with van der Waals surface area (Å²) in [4.78, 5) is 13.5. The molecule has 0 aliphatic carbocycles. The lowest BCUT2D eigenvalue weighted by atomic mass is 10.1. The Labute approximate surface area is 98.8 Å². The van der Waals surface area contributed by atoms with Gasteiger partial charge in [-0.1, -0.05) is 18.5 Å². The number of aromatic nitrogens is 2. The zero-order valence-corrected chi connectivity index (χ0v) is 9.92. The van der Waals surface area contributed by atoms with Gasteiger partial charge in [-0.15, -0.1) is 0 Å². The molecule has 0 saturated carbocycles. The number of hydrogen-bond donors (Lipinski definition) is 2. The molecule has 0 bridgehead atoms. The van der Waals surface area contributed by atoms with Gasteiger partial charge in [0.05, 0.1) is 17.9 Å². The van der Waals surface area contributed by atoms with Crippen molar-refractivity contribution in [1.82, 2.24) is 15.5 Å². The predicted octanol–water partition coefficient (Wildman–Crippen LogP) is 0.612. The largest absolute Gasteiger partial charge is 0.363 e. The van der Waals surface area contributed by atoms with Crippen LogP contribution in [0.5, 0.6) is 0 Å².